The molecule has 0 spiro atoms. The van der Waals surface area contributed by atoms with Crippen molar-refractivity contribution in [2.75, 3.05) is 6.61 Å². The molecule has 2 amide bonds. The first kappa shape index (κ1) is 16.8. The van der Waals surface area contributed by atoms with Gasteiger partial charge in [-0.25, -0.2) is 0 Å². The molecule has 7 heteroatoms. The molecule has 2 rings (SSSR count). The van der Waals surface area contributed by atoms with Gasteiger partial charge in [-0.2, -0.15) is 5.26 Å². The van der Waals surface area contributed by atoms with E-state index < -0.39 is 11.8 Å². The Morgan fingerprint density at radius 3 is 2.58 bits per heavy atom. The van der Waals surface area contributed by atoms with E-state index >= 15 is 0 Å². The predicted molar refractivity (Wildman–Crippen MR) is 85.4 cm³/mol. The zero-order valence-electron chi connectivity index (χ0n) is 12.9. The van der Waals surface area contributed by atoms with Crippen LogP contribution in [-0.2, 0) is 9.59 Å². The molecular formula is C17H15N3O4. The van der Waals surface area contributed by atoms with E-state index in [-0.39, 0.29) is 6.61 Å². The number of hydrogen-bond donors (Lipinski definition) is 2. The summed E-state index contributed by atoms with van der Waals surface area (Å²) in [5.41, 5.74) is 4.94. The minimum absolute atomic E-state index is 0.271. The van der Waals surface area contributed by atoms with Crippen LogP contribution in [0.2, 0.25) is 0 Å². The number of hydrogen-bond acceptors (Lipinski definition) is 5. The maximum Gasteiger partial charge on any atom is 0.276 e. The molecule has 0 fully saturated rings. The van der Waals surface area contributed by atoms with Crippen LogP contribution in [0.25, 0.3) is 6.08 Å². The molecule has 0 bridgehead atoms. The molecule has 2 aromatic rings. The molecule has 0 unspecified atom stereocenters. The zero-order chi connectivity index (χ0) is 17.4. The molecule has 0 saturated heterocycles. The van der Waals surface area contributed by atoms with Crippen molar-refractivity contribution in [2.45, 2.75) is 6.92 Å². The van der Waals surface area contributed by atoms with Gasteiger partial charge in [-0.15, -0.1) is 0 Å². The second-order valence-corrected chi connectivity index (χ2v) is 4.74. The quantitative estimate of drug-likeness (QED) is 0.643. The average molecular weight is 325 g/mol. The number of ether oxygens (including phenoxy) is 1. The fraction of sp³-hybridized carbons (Fsp3) is 0.118. The van der Waals surface area contributed by atoms with E-state index in [2.05, 4.69) is 10.9 Å². The van der Waals surface area contributed by atoms with Gasteiger partial charge in [0.1, 0.15) is 17.3 Å². The van der Waals surface area contributed by atoms with E-state index in [4.69, 9.17) is 14.4 Å². The van der Waals surface area contributed by atoms with Crippen molar-refractivity contribution in [3.8, 4) is 11.8 Å². The van der Waals surface area contributed by atoms with Gasteiger partial charge in [-0.1, -0.05) is 0 Å². The fourth-order valence-corrected chi connectivity index (χ4v) is 1.68. The highest BCUT2D eigenvalue weighted by molar-refractivity contribution is 5.92. The van der Waals surface area contributed by atoms with Crippen molar-refractivity contribution in [1.82, 2.24) is 10.9 Å². The SMILES string of the molecule is Cc1ccc(/C=C/C(=O)NNC(=O)COc2ccc(C#N)cc2)o1. The second kappa shape index (κ2) is 8.19. The van der Waals surface area contributed by atoms with Crippen LogP contribution < -0.4 is 15.6 Å². The molecule has 1 aromatic heterocycles. The molecule has 24 heavy (non-hydrogen) atoms. The van der Waals surface area contributed by atoms with Crippen LogP contribution in [0.5, 0.6) is 5.75 Å². The number of carbonyl (C=O) groups excluding carboxylic acids is 2. The molecule has 1 aromatic carbocycles. The third-order valence-corrected chi connectivity index (χ3v) is 2.84. The first-order valence-corrected chi connectivity index (χ1v) is 7.03. The van der Waals surface area contributed by atoms with E-state index in [1.165, 1.54) is 12.2 Å². The van der Waals surface area contributed by atoms with Gasteiger partial charge < -0.3 is 9.15 Å². The van der Waals surface area contributed by atoms with Gasteiger partial charge in [0.2, 0.25) is 0 Å². The lowest BCUT2D eigenvalue weighted by Gasteiger charge is -2.07. The molecule has 2 N–H and O–H groups in total. The molecule has 122 valence electrons. The largest absolute Gasteiger partial charge is 0.484 e. The van der Waals surface area contributed by atoms with E-state index in [1.807, 2.05) is 6.07 Å². The Labute approximate surface area is 138 Å². The van der Waals surface area contributed by atoms with Crippen LogP contribution in [0.3, 0.4) is 0 Å². The van der Waals surface area contributed by atoms with Crippen LogP contribution in [0.1, 0.15) is 17.1 Å². The number of amides is 2. The van der Waals surface area contributed by atoms with Gasteiger partial charge in [-0.3, -0.25) is 20.4 Å². The average Bonchev–Trinajstić information content (AvgIpc) is 3.02. The summed E-state index contributed by atoms with van der Waals surface area (Å²) in [6.45, 7) is 1.53. The molecule has 0 aliphatic rings. The maximum atomic E-state index is 11.6. The zero-order valence-corrected chi connectivity index (χ0v) is 12.9. The summed E-state index contributed by atoms with van der Waals surface area (Å²) < 4.78 is 10.5. The third-order valence-electron chi connectivity index (χ3n) is 2.84. The van der Waals surface area contributed by atoms with Gasteiger partial charge in [0.15, 0.2) is 6.61 Å². The van der Waals surface area contributed by atoms with Gasteiger partial charge in [0.05, 0.1) is 11.6 Å². The summed E-state index contributed by atoms with van der Waals surface area (Å²) >= 11 is 0. The molecule has 7 nitrogen and oxygen atoms in total. The minimum atomic E-state index is -0.519. The Bertz CT molecular complexity index is 785. The van der Waals surface area contributed by atoms with Crippen LogP contribution in [0.15, 0.2) is 46.9 Å². The van der Waals surface area contributed by atoms with Gasteiger partial charge in [-0.05, 0) is 49.4 Å². The van der Waals surface area contributed by atoms with E-state index in [9.17, 15) is 9.59 Å². The van der Waals surface area contributed by atoms with Gasteiger partial charge >= 0.3 is 0 Å². The molecular weight excluding hydrogens is 310 g/mol. The normalized spacial score (nSPS) is 10.2. The Kier molecular flexibility index (Phi) is 5.75. The lowest BCUT2D eigenvalue weighted by Crippen LogP contribution is -2.43. The first-order chi connectivity index (χ1) is 11.6. The molecule has 0 aliphatic carbocycles. The van der Waals surface area contributed by atoms with Crippen LogP contribution in [0.4, 0.5) is 0 Å². The Hall–Kier alpha value is -3.53. The van der Waals surface area contributed by atoms with Crippen molar-refractivity contribution < 1.29 is 18.7 Å². The topological polar surface area (TPSA) is 104 Å². The molecule has 0 radical (unpaired) electrons. The first-order valence-electron chi connectivity index (χ1n) is 7.03. The van der Waals surface area contributed by atoms with Crippen molar-refractivity contribution in [2.24, 2.45) is 0 Å². The summed E-state index contributed by atoms with van der Waals surface area (Å²) in [7, 11) is 0. The number of nitrogens with one attached hydrogen (secondary N) is 2. The number of carbonyl (C=O) groups is 2. The van der Waals surface area contributed by atoms with Crippen molar-refractivity contribution >= 4 is 17.9 Å². The summed E-state index contributed by atoms with van der Waals surface area (Å²) in [6, 6.07) is 11.8. The molecule has 0 atom stereocenters. The fourth-order valence-electron chi connectivity index (χ4n) is 1.68. The lowest BCUT2D eigenvalue weighted by molar-refractivity contribution is -0.128. The monoisotopic (exact) mass is 325 g/mol. The number of nitrogens with zero attached hydrogens (tertiary/aromatic N) is 1. The Morgan fingerprint density at radius 2 is 1.96 bits per heavy atom. The van der Waals surface area contributed by atoms with Crippen LogP contribution in [0, 0.1) is 18.3 Å². The van der Waals surface area contributed by atoms with Crippen molar-refractivity contribution in [3.63, 3.8) is 0 Å². The summed E-state index contributed by atoms with van der Waals surface area (Å²) in [5, 5.41) is 8.68. The van der Waals surface area contributed by atoms with Gasteiger partial charge in [0.25, 0.3) is 11.8 Å². The number of benzene rings is 1. The molecule has 0 saturated carbocycles. The van der Waals surface area contributed by atoms with E-state index in [0.717, 1.165) is 5.76 Å². The lowest BCUT2D eigenvalue weighted by atomic mass is 10.2. The highest BCUT2D eigenvalue weighted by atomic mass is 16.5. The highest BCUT2D eigenvalue weighted by Gasteiger charge is 2.04. The number of rotatable bonds is 5. The minimum Gasteiger partial charge on any atom is -0.484 e. The van der Waals surface area contributed by atoms with Gasteiger partial charge in [0, 0.05) is 6.08 Å². The molecule has 1 heterocycles. The third kappa shape index (κ3) is 5.35. The van der Waals surface area contributed by atoms with Crippen LogP contribution >= 0.6 is 0 Å². The van der Waals surface area contributed by atoms with E-state index in [1.54, 1.807) is 43.3 Å². The smallest absolute Gasteiger partial charge is 0.276 e. The maximum absolute atomic E-state index is 11.6. The van der Waals surface area contributed by atoms with Crippen molar-refractivity contribution in [3.05, 3.63) is 59.6 Å². The predicted octanol–water partition coefficient (Wildman–Crippen LogP) is 1.70. The Morgan fingerprint density at radius 1 is 1.21 bits per heavy atom. The second-order valence-electron chi connectivity index (χ2n) is 4.74. The summed E-state index contributed by atoms with van der Waals surface area (Å²) in [6.07, 6.45) is 2.72. The Balaban J connectivity index is 1.71. The summed E-state index contributed by atoms with van der Waals surface area (Å²) in [4.78, 5) is 23.1. The number of aryl methyl sites for hydroxylation is 1. The number of nitriles is 1. The number of hydrazine groups is 1. The van der Waals surface area contributed by atoms with Crippen LogP contribution in [-0.4, -0.2) is 18.4 Å². The standard InChI is InChI=1S/C17H15N3O4/c1-12-2-5-15(24-12)8-9-16(21)19-20-17(22)11-23-14-6-3-13(10-18)4-7-14/h2-9H,11H2,1H3,(H,19,21)(H,20,22)/b9-8+. The summed E-state index contributed by atoms with van der Waals surface area (Å²) in [5.74, 6) is 0.704. The van der Waals surface area contributed by atoms with Crippen molar-refractivity contribution in [1.29, 1.82) is 5.26 Å². The highest BCUT2D eigenvalue weighted by Crippen LogP contribution is 2.11. The number of furan rings is 1. The van der Waals surface area contributed by atoms with E-state index in [0.29, 0.717) is 17.1 Å². The molecule has 0 aliphatic heterocycles.